The highest BCUT2D eigenvalue weighted by molar-refractivity contribution is 6.32. The highest BCUT2D eigenvalue weighted by atomic mass is 35.5. The van der Waals surface area contributed by atoms with Gasteiger partial charge in [0.2, 0.25) is 0 Å². The van der Waals surface area contributed by atoms with Crippen molar-refractivity contribution in [1.82, 2.24) is 4.90 Å². The molecule has 94 valence electrons. The van der Waals surface area contributed by atoms with E-state index in [0.717, 1.165) is 6.54 Å². The largest absolute Gasteiger partial charge is 0.506 e. The number of phenolic OH excluding ortho intramolecular Hbond substituents is 1. The highest BCUT2D eigenvalue weighted by Crippen LogP contribution is 2.26. The van der Waals surface area contributed by atoms with Gasteiger partial charge in [-0.1, -0.05) is 36.9 Å². The fourth-order valence-corrected chi connectivity index (χ4v) is 2.79. The summed E-state index contributed by atoms with van der Waals surface area (Å²) in [5.74, 6) is 0.163. The first-order valence-corrected chi connectivity index (χ1v) is 6.72. The normalized spacial score (nSPS) is 17.6. The van der Waals surface area contributed by atoms with Crippen LogP contribution < -0.4 is 0 Å². The Labute approximate surface area is 108 Å². The lowest BCUT2D eigenvalue weighted by Crippen LogP contribution is -2.32. The Kier molecular flexibility index (Phi) is 4.30. The summed E-state index contributed by atoms with van der Waals surface area (Å²) < 4.78 is 0. The summed E-state index contributed by atoms with van der Waals surface area (Å²) in [4.78, 5) is 2.40. The molecule has 1 saturated carbocycles. The van der Waals surface area contributed by atoms with Gasteiger partial charge < -0.3 is 5.11 Å². The third-order valence-electron chi connectivity index (χ3n) is 3.64. The van der Waals surface area contributed by atoms with Crippen molar-refractivity contribution in [1.29, 1.82) is 0 Å². The molecule has 2 rings (SSSR count). The van der Waals surface area contributed by atoms with Crippen molar-refractivity contribution < 1.29 is 5.11 Å². The molecule has 0 atom stereocenters. The van der Waals surface area contributed by atoms with Gasteiger partial charge in [0.15, 0.2) is 0 Å². The van der Waals surface area contributed by atoms with Crippen LogP contribution in [0.3, 0.4) is 0 Å². The molecule has 17 heavy (non-hydrogen) atoms. The predicted octanol–water partition coefficient (Wildman–Crippen LogP) is 3.81. The maximum Gasteiger partial charge on any atom is 0.134 e. The van der Waals surface area contributed by atoms with E-state index in [2.05, 4.69) is 11.9 Å². The van der Waals surface area contributed by atoms with Gasteiger partial charge in [-0.3, -0.25) is 4.90 Å². The van der Waals surface area contributed by atoms with Gasteiger partial charge in [0.1, 0.15) is 5.75 Å². The average molecular weight is 254 g/mol. The van der Waals surface area contributed by atoms with E-state index in [0.29, 0.717) is 11.1 Å². The lowest BCUT2D eigenvalue weighted by molar-refractivity contribution is 0.184. The Hall–Kier alpha value is -0.730. The molecule has 2 nitrogen and oxygen atoms in total. The highest BCUT2D eigenvalue weighted by Gasteiger charge is 2.18. The summed E-state index contributed by atoms with van der Waals surface area (Å²) in [6.45, 7) is 0.907. The van der Waals surface area contributed by atoms with E-state index >= 15 is 0 Å². The van der Waals surface area contributed by atoms with Gasteiger partial charge in [-0.2, -0.15) is 0 Å². The van der Waals surface area contributed by atoms with Gasteiger partial charge >= 0.3 is 0 Å². The molecule has 0 saturated heterocycles. The van der Waals surface area contributed by atoms with E-state index in [-0.39, 0.29) is 5.75 Å². The van der Waals surface area contributed by atoms with Crippen LogP contribution in [0.25, 0.3) is 0 Å². The van der Waals surface area contributed by atoms with Crippen molar-refractivity contribution in [3.63, 3.8) is 0 Å². The molecule has 3 heteroatoms. The summed E-state index contributed by atoms with van der Waals surface area (Å²) in [7, 11) is 2.18. The topological polar surface area (TPSA) is 23.5 Å². The minimum absolute atomic E-state index is 0.163. The Morgan fingerprint density at radius 2 is 2.00 bits per heavy atom. The van der Waals surface area contributed by atoms with Gasteiger partial charge in [0.05, 0.1) is 5.02 Å². The van der Waals surface area contributed by atoms with Gasteiger partial charge in [0.25, 0.3) is 0 Å². The van der Waals surface area contributed by atoms with Crippen LogP contribution in [0.2, 0.25) is 5.02 Å². The van der Waals surface area contributed by atoms with Gasteiger partial charge in [-0.25, -0.2) is 0 Å². The summed E-state index contributed by atoms with van der Waals surface area (Å²) in [5, 5.41) is 9.83. The Morgan fingerprint density at radius 1 is 1.29 bits per heavy atom. The third-order valence-corrected chi connectivity index (χ3v) is 3.94. The minimum atomic E-state index is 0.163. The number of aromatic hydroxyl groups is 1. The lowest BCUT2D eigenvalue weighted by Gasteiger charge is -2.31. The van der Waals surface area contributed by atoms with Crippen LogP contribution in [0.1, 0.15) is 37.7 Å². The molecule has 0 radical (unpaired) electrons. The number of hydrogen-bond acceptors (Lipinski definition) is 2. The van der Waals surface area contributed by atoms with E-state index < -0.39 is 0 Å². The van der Waals surface area contributed by atoms with Crippen LogP contribution in [0.5, 0.6) is 5.75 Å². The summed E-state index contributed by atoms with van der Waals surface area (Å²) in [6, 6.07) is 6.18. The van der Waals surface area contributed by atoms with Crippen LogP contribution in [-0.2, 0) is 6.54 Å². The molecular weight excluding hydrogens is 234 g/mol. The zero-order valence-corrected chi connectivity index (χ0v) is 11.1. The quantitative estimate of drug-likeness (QED) is 0.886. The maximum absolute atomic E-state index is 9.38. The fraction of sp³-hybridized carbons (Fsp3) is 0.571. The SMILES string of the molecule is CN(Cc1ccc(O)c(Cl)c1)C1CCCCC1. The number of nitrogens with zero attached hydrogens (tertiary/aromatic N) is 1. The Balaban J connectivity index is 1.96. The van der Waals surface area contributed by atoms with Gasteiger partial charge in [-0.15, -0.1) is 0 Å². The Bertz CT molecular complexity index is 374. The van der Waals surface area contributed by atoms with Gasteiger partial charge in [-0.05, 0) is 37.6 Å². The predicted molar refractivity (Wildman–Crippen MR) is 71.5 cm³/mol. The van der Waals surface area contributed by atoms with Crippen LogP contribution in [0, 0.1) is 0 Å². The molecule has 0 spiro atoms. The molecule has 1 aromatic carbocycles. The molecule has 0 aliphatic heterocycles. The number of halogens is 1. The van der Waals surface area contributed by atoms with Crippen molar-refractivity contribution in [2.75, 3.05) is 7.05 Å². The van der Waals surface area contributed by atoms with E-state index in [1.807, 2.05) is 12.1 Å². The van der Waals surface area contributed by atoms with Crippen LogP contribution in [0.15, 0.2) is 18.2 Å². The fourth-order valence-electron chi connectivity index (χ4n) is 2.59. The first-order chi connectivity index (χ1) is 8.16. The lowest BCUT2D eigenvalue weighted by atomic mass is 9.94. The first kappa shape index (κ1) is 12.7. The molecule has 0 bridgehead atoms. The van der Waals surface area contributed by atoms with Crippen molar-refractivity contribution in [2.45, 2.75) is 44.7 Å². The molecule has 0 unspecified atom stereocenters. The molecular formula is C14H20ClNO. The van der Waals surface area contributed by atoms with Crippen LogP contribution >= 0.6 is 11.6 Å². The van der Waals surface area contributed by atoms with E-state index in [1.165, 1.54) is 37.7 Å². The minimum Gasteiger partial charge on any atom is -0.506 e. The Morgan fingerprint density at radius 3 is 2.65 bits per heavy atom. The summed E-state index contributed by atoms with van der Waals surface area (Å²) in [5.41, 5.74) is 1.17. The molecule has 1 aliphatic rings. The molecule has 1 aliphatic carbocycles. The molecule has 0 aromatic heterocycles. The molecule has 0 amide bonds. The van der Waals surface area contributed by atoms with Crippen molar-refractivity contribution >= 4 is 11.6 Å². The zero-order valence-electron chi connectivity index (χ0n) is 10.3. The van der Waals surface area contributed by atoms with E-state index in [4.69, 9.17) is 11.6 Å². The molecule has 1 N–H and O–H groups in total. The molecule has 0 heterocycles. The summed E-state index contributed by atoms with van der Waals surface area (Å²) in [6.07, 6.45) is 6.71. The second-order valence-corrected chi connectivity index (χ2v) is 5.40. The van der Waals surface area contributed by atoms with Crippen LogP contribution in [-0.4, -0.2) is 23.1 Å². The van der Waals surface area contributed by atoms with Crippen molar-refractivity contribution in [3.8, 4) is 5.75 Å². The number of rotatable bonds is 3. The van der Waals surface area contributed by atoms with Gasteiger partial charge in [0, 0.05) is 12.6 Å². The number of phenols is 1. The number of hydrogen-bond donors (Lipinski definition) is 1. The standard InChI is InChI=1S/C14H20ClNO/c1-16(12-5-3-2-4-6-12)10-11-7-8-14(17)13(15)9-11/h7-9,12,17H,2-6,10H2,1H3. The maximum atomic E-state index is 9.38. The van der Waals surface area contributed by atoms with Crippen molar-refractivity contribution in [2.24, 2.45) is 0 Å². The number of benzene rings is 1. The monoisotopic (exact) mass is 253 g/mol. The van der Waals surface area contributed by atoms with Crippen molar-refractivity contribution in [3.05, 3.63) is 28.8 Å². The average Bonchev–Trinajstić information content (AvgIpc) is 2.35. The second-order valence-electron chi connectivity index (χ2n) is 4.99. The van der Waals surface area contributed by atoms with E-state index in [9.17, 15) is 5.11 Å². The van der Waals surface area contributed by atoms with E-state index in [1.54, 1.807) is 6.07 Å². The third kappa shape index (κ3) is 3.36. The van der Waals surface area contributed by atoms with Crippen LogP contribution in [0.4, 0.5) is 0 Å². The first-order valence-electron chi connectivity index (χ1n) is 6.34. The summed E-state index contributed by atoms with van der Waals surface area (Å²) >= 11 is 5.91. The molecule has 1 fully saturated rings. The smallest absolute Gasteiger partial charge is 0.134 e. The zero-order chi connectivity index (χ0) is 12.3. The molecule has 1 aromatic rings. The second kappa shape index (κ2) is 5.74.